The Morgan fingerprint density at radius 1 is 0.966 bits per heavy atom. The van der Waals surface area contributed by atoms with Crippen molar-refractivity contribution in [2.45, 2.75) is 37.8 Å². The summed E-state index contributed by atoms with van der Waals surface area (Å²) in [4.78, 5) is 31.4. The molecule has 0 aromatic heterocycles. The van der Waals surface area contributed by atoms with Crippen molar-refractivity contribution in [1.29, 1.82) is 0 Å². The van der Waals surface area contributed by atoms with E-state index < -0.39 is 0 Å². The van der Waals surface area contributed by atoms with E-state index in [0.29, 0.717) is 11.4 Å². The zero-order valence-corrected chi connectivity index (χ0v) is 17.6. The maximum Gasteiger partial charge on any atom is 0.253 e. The van der Waals surface area contributed by atoms with Gasteiger partial charge in [0.15, 0.2) is 0 Å². The van der Waals surface area contributed by atoms with E-state index in [0.717, 1.165) is 52.1 Å². The van der Waals surface area contributed by atoms with Gasteiger partial charge in [0.1, 0.15) is 11.4 Å². The first-order valence-electron chi connectivity index (χ1n) is 10.8. The van der Waals surface area contributed by atoms with Crippen molar-refractivity contribution in [2.75, 3.05) is 57.0 Å². The highest BCUT2D eigenvalue weighted by Gasteiger charge is 2.37. The summed E-state index contributed by atoms with van der Waals surface area (Å²) in [5.41, 5.74) is 1.88. The van der Waals surface area contributed by atoms with Gasteiger partial charge in [-0.25, -0.2) is 0 Å². The van der Waals surface area contributed by atoms with Crippen LogP contribution in [0.2, 0.25) is 0 Å². The Balaban J connectivity index is 1.38. The average Bonchev–Trinajstić information content (AvgIpc) is 3.22. The van der Waals surface area contributed by atoms with Crippen LogP contribution in [0.1, 0.15) is 31.2 Å². The number of piperazine rings is 1. The molecular weight excluding hydrogens is 364 g/mol. The molecule has 156 valence electrons. The maximum absolute atomic E-state index is 12.3. The van der Waals surface area contributed by atoms with E-state index in [2.05, 4.69) is 58.4 Å². The Kier molecular flexibility index (Phi) is 5.74. The molecule has 1 heterocycles. The van der Waals surface area contributed by atoms with Crippen molar-refractivity contribution in [3.05, 3.63) is 56.3 Å². The highest BCUT2D eigenvalue weighted by atomic mass is 16.2. The van der Waals surface area contributed by atoms with Crippen LogP contribution in [-0.2, 0) is 6.54 Å². The number of hydrogen-bond donors (Lipinski definition) is 1. The van der Waals surface area contributed by atoms with Crippen LogP contribution in [0.15, 0.2) is 39.9 Å². The molecule has 1 N–H and O–H groups in total. The van der Waals surface area contributed by atoms with E-state index in [1.54, 1.807) is 0 Å². The highest BCUT2D eigenvalue weighted by Crippen LogP contribution is 2.34. The fourth-order valence-electron chi connectivity index (χ4n) is 4.88. The second kappa shape index (κ2) is 8.28. The summed E-state index contributed by atoms with van der Waals surface area (Å²) in [5, 5.41) is 3.37. The third-order valence-corrected chi connectivity index (χ3v) is 6.90. The first-order valence-corrected chi connectivity index (χ1v) is 10.8. The lowest BCUT2D eigenvalue weighted by atomic mass is 9.95. The number of benzene rings is 1. The third-order valence-electron chi connectivity index (χ3n) is 6.90. The van der Waals surface area contributed by atoms with E-state index in [-0.39, 0.29) is 16.4 Å². The number of likely N-dealkylation sites (N-methyl/N-ethyl adjacent to an activating group) is 1. The minimum absolute atomic E-state index is 0.0887. The van der Waals surface area contributed by atoms with Crippen molar-refractivity contribution in [3.8, 4) is 0 Å². The van der Waals surface area contributed by atoms with Crippen LogP contribution in [0.4, 0.5) is 11.4 Å². The zero-order valence-electron chi connectivity index (χ0n) is 17.6. The van der Waals surface area contributed by atoms with Crippen LogP contribution in [0, 0.1) is 0 Å². The molecule has 0 unspecified atom stereocenters. The third kappa shape index (κ3) is 3.96. The smallest absolute Gasteiger partial charge is 0.253 e. The molecule has 0 bridgehead atoms. The first-order chi connectivity index (χ1) is 14.0. The Bertz CT molecular complexity index is 887. The molecular formula is C23H32N4O2. The van der Waals surface area contributed by atoms with Gasteiger partial charge in [-0.3, -0.25) is 14.5 Å². The summed E-state index contributed by atoms with van der Waals surface area (Å²) < 4.78 is 0. The fourth-order valence-corrected chi connectivity index (χ4v) is 4.88. The van der Waals surface area contributed by atoms with E-state index in [1.807, 2.05) is 6.07 Å². The lowest BCUT2D eigenvalue weighted by molar-refractivity contribution is 0.172. The molecule has 1 aliphatic carbocycles. The lowest BCUT2D eigenvalue weighted by Gasteiger charge is -2.39. The molecule has 2 aromatic rings. The molecule has 0 spiro atoms. The second-order valence-corrected chi connectivity index (χ2v) is 8.81. The molecule has 4 rings (SSSR count). The van der Waals surface area contributed by atoms with Gasteiger partial charge in [-0.2, -0.15) is 0 Å². The predicted molar refractivity (Wildman–Crippen MR) is 119 cm³/mol. The van der Waals surface area contributed by atoms with Crippen molar-refractivity contribution in [2.24, 2.45) is 0 Å². The van der Waals surface area contributed by atoms with Crippen molar-refractivity contribution in [3.63, 3.8) is 0 Å². The van der Waals surface area contributed by atoms with Crippen LogP contribution in [0.5, 0.6) is 0 Å². The van der Waals surface area contributed by atoms with Crippen LogP contribution < -0.4 is 21.1 Å². The van der Waals surface area contributed by atoms with Gasteiger partial charge < -0.3 is 15.1 Å². The molecule has 29 heavy (non-hydrogen) atoms. The molecule has 6 nitrogen and oxygen atoms in total. The lowest BCUT2D eigenvalue weighted by Crippen LogP contribution is -2.53. The molecule has 2 fully saturated rings. The quantitative estimate of drug-likeness (QED) is 0.722. The van der Waals surface area contributed by atoms with Gasteiger partial charge in [-0.05, 0) is 32.5 Å². The van der Waals surface area contributed by atoms with Gasteiger partial charge in [-0.15, -0.1) is 0 Å². The van der Waals surface area contributed by atoms with Crippen LogP contribution in [0.3, 0.4) is 0 Å². The molecule has 1 saturated carbocycles. The van der Waals surface area contributed by atoms with E-state index in [4.69, 9.17) is 0 Å². The summed E-state index contributed by atoms with van der Waals surface area (Å²) in [5.74, 6) is 0. The summed E-state index contributed by atoms with van der Waals surface area (Å²) >= 11 is 0. The standard InChI is InChI=1S/C23H32N4O2/c1-25(2)23(10-6-7-11-23)17-24-19-20(22(29)21(19)28)27-14-12-26(13-15-27)16-18-8-4-3-5-9-18/h3-5,8-9,24H,6-7,10-17H2,1-2H3. The van der Waals surface area contributed by atoms with Crippen molar-refractivity contribution in [1.82, 2.24) is 9.80 Å². The van der Waals surface area contributed by atoms with Crippen molar-refractivity contribution >= 4 is 11.4 Å². The minimum Gasteiger partial charge on any atom is -0.378 e. The van der Waals surface area contributed by atoms with Gasteiger partial charge in [0.25, 0.3) is 10.9 Å². The van der Waals surface area contributed by atoms with Crippen LogP contribution in [0.25, 0.3) is 0 Å². The second-order valence-electron chi connectivity index (χ2n) is 8.81. The topological polar surface area (TPSA) is 55.9 Å². The van der Waals surface area contributed by atoms with Gasteiger partial charge in [0.05, 0.1) is 0 Å². The molecule has 0 atom stereocenters. The maximum atomic E-state index is 12.3. The summed E-state index contributed by atoms with van der Waals surface area (Å²) in [6.07, 6.45) is 4.72. The molecule has 2 aliphatic rings. The average molecular weight is 397 g/mol. The molecule has 0 radical (unpaired) electrons. The molecule has 1 aliphatic heterocycles. The summed E-state index contributed by atoms with van der Waals surface area (Å²) in [6, 6.07) is 10.5. The Labute approximate surface area is 172 Å². The predicted octanol–water partition coefficient (Wildman–Crippen LogP) is 1.89. The van der Waals surface area contributed by atoms with Crippen LogP contribution >= 0.6 is 0 Å². The Hall–Kier alpha value is -2.18. The van der Waals surface area contributed by atoms with Gasteiger partial charge in [0, 0.05) is 44.8 Å². The zero-order chi connectivity index (χ0) is 20.4. The SMILES string of the molecule is CN(C)C1(CNc2c(N3CCN(Cc4ccccc4)CC3)c(=O)c2=O)CCCC1. The van der Waals surface area contributed by atoms with Crippen molar-refractivity contribution < 1.29 is 0 Å². The number of nitrogens with one attached hydrogen (secondary N) is 1. The number of rotatable bonds is 7. The number of hydrogen-bond acceptors (Lipinski definition) is 6. The van der Waals surface area contributed by atoms with E-state index in [1.165, 1.54) is 18.4 Å². The van der Waals surface area contributed by atoms with Crippen LogP contribution in [-0.4, -0.2) is 62.2 Å². The number of anilines is 2. The fraction of sp³-hybridized carbons (Fsp3) is 0.565. The first kappa shape index (κ1) is 20.1. The van der Waals surface area contributed by atoms with Gasteiger partial charge in [0.2, 0.25) is 0 Å². The Morgan fingerprint density at radius 3 is 2.24 bits per heavy atom. The summed E-state index contributed by atoms with van der Waals surface area (Å²) in [6.45, 7) is 5.02. The largest absolute Gasteiger partial charge is 0.378 e. The monoisotopic (exact) mass is 396 g/mol. The highest BCUT2D eigenvalue weighted by molar-refractivity contribution is 5.75. The van der Waals surface area contributed by atoms with Gasteiger partial charge in [-0.1, -0.05) is 43.2 Å². The minimum atomic E-state index is -0.349. The Morgan fingerprint density at radius 2 is 1.62 bits per heavy atom. The number of nitrogens with zero attached hydrogens (tertiary/aromatic N) is 3. The molecule has 0 amide bonds. The van der Waals surface area contributed by atoms with E-state index >= 15 is 0 Å². The molecule has 2 aromatic carbocycles. The summed E-state index contributed by atoms with van der Waals surface area (Å²) in [7, 11) is 4.23. The molecule has 1 saturated heterocycles. The normalized spacial score (nSPS) is 19.9. The van der Waals surface area contributed by atoms with Gasteiger partial charge >= 0.3 is 0 Å². The van der Waals surface area contributed by atoms with E-state index in [9.17, 15) is 9.59 Å². The molecule has 6 heteroatoms.